The van der Waals surface area contributed by atoms with Crippen molar-refractivity contribution in [2.75, 3.05) is 20.1 Å². The molecule has 2 aromatic rings. The molecule has 0 spiro atoms. The first-order valence-corrected chi connectivity index (χ1v) is 12.4. The van der Waals surface area contributed by atoms with Crippen LogP contribution in [0.25, 0.3) is 0 Å². The van der Waals surface area contributed by atoms with Gasteiger partial charge in [-0.15, -0.1) is 0 Å². The van der Waals surface area contributed by atoms with E-state index in [2.05, 4.69) is 5.32 Å². The van der Waals surface area contributed by atoms with E-state index in [9.17, 15) is 18.0 Å². The van der Waals surface area contributed by atoms with Crippen LogP contribution in [-0.2, 0) is 32.6 Å². The molecule has 0 aliphatic carbocycles. The molecule has 1 saturated heterocycles. The minimum Gasteiger partial charge on any atom is -0.357 e. The van der Waals surface area contributed by atoms with Crippen LogP contribution in [0.2, 0.25) is 0 Å². The smallest absolute Gasteiger partial charge is 0.243 e. The number of sulfonamides is 1. The number of hydrogen-bond donors (Lipinski definition) is 1. The molecule has 2 aromatic carbocycles. The van der Waals surface area contributed by atoms with Gasteiger partial charge in [-0.25, -0.2) is 8.42 Å². The maximum Gasteiger partial charge on any atom is 0.243 e. The highest BCUT2D eigenvalue weighted by molar-refractivity contribution is 7.89. The van der Waals surface area contributed by atoms with E-state index in [0.29, 0.717) is 26.1 Å². The van der Waals surface area contributed by atoms with E-state index in [0.717, 1.165) is 24.0 Å². The molecule has 1 aliphatic rings. The van der Waals surface area contributed by atoms with Crippen LogP contribution >= 0.6 is 0 Å². The van der Waals surface area contributed by atoms with E-state index in [4.69, 9.17) is 0 Å². The van der Waals surface area contributed by atoms with Gasteiger partial charge in [-0.2, -0.15) is 4.31 Å². The second kappa shape index (κ2) is 10.7. The molecule has 1 N–H and O–H groups in total. The number of rotatable bonds is 9. The maximum atomic E-state index is 13.0. The molecule has 0 saturated carbocycles. The first kappa shape index (κ1) is 23.9. The average Bonchev–Trinajstić information content (AvgIpc) is 3.37. The van der Waals surface area contributed by atoms with Gasteiger partial charge in [-0.1, -0.05) is 42.5 Å². The van der Waals surface area contributed by atoms with Gasteiger partial charge in [0.1, 0.15) is 6.04 Å². The number of nitrogens with zero attached hydrogens (tertiary/aromatic N) is 2. The number of aryl methyl sites for hydroxylation is 1. The van der Waals surface area contributed by atoms with Gasteiger partial charge in [-0.3, -0.25) is 9.59 Å². The summed E-state index contributed by atoms with van der Waals surface area (Å²) in [4.78, 5) is 27.1. The standard InChI is InChI=1S/C24H31N3O4S/c1-19(24(29)25-2)27(18-21-8-4-3-5-9-21)23(28)15-12-20-10-13-22(14-11-20)32(30,31)26-16-6-7-17-26/h3-5,8-11,13-14,19H,6-7,12,15-18H2,1-2H3,(H,25,29)/t19-/m1/s1. The minimum absolute atomic E-state index is 0.126. The molecule has 1 atom stereocenters. The van der Waals surface area contributed by atoms with Gasteiger partial charge in [0.2, 0.25) is 21.8 Å². The minimum atomic E-state index is -3.44. The largest absolute Gasteiger partial charge is 0.357 e. The Bertz CT molecular complexity index is 1020. The van der Waals surface area contributed by atoms with Crippen molar-refractivity contribution in [3.8, 4) is 0 Å². The second-order valence-electron chi connectivity index (χ2n) is 8.05. The SMILES string of the molecule is CNC(=O)[C@@H](C)N(Cc1ccccc1)C(=O)CCc1ccc(S(=O)(=O)N2CCCC2)cc1. The monoisotopic (exact) mass is 457 g/mol. The van der Waals surface area contributed by atoms with Crippen LogP contribution in [0.1, 0.15) is 37.3 Å². The molecule has 32 heavy (non-hydrogen) atoms. The zero-order chi connectivity index (χ0) is 23.1. The van der Waals surface area contributed by atoms with E-state index in [-0.39, 0.29) is 23.1 Å². The molecule has 1 fully saturated rings. The lowest BCUT2D eigenvalue weighted by atomic mass is 10.1. The predicted octanol–water partition coefficient (Wildman–Crippen LogP) is 2.57. The first-order chi connectivity index (χ1) is 15.3. The summed E-state index contributed by atoms with van der Waals surface area (Å²) in [6.07, 6.45) is 2.49. The fourth-order valence-corrected chi connectivity index (χ4v) is 5.39. The Morgan fingerprint density at radius 1 is 1.00 bits per heavy atom. The topological polar surface area (TPSA) is 86.8 Å². The Labute approximate surface area is 190 Å². The average molecular weight is 458 g/mol. The van der Waals surface area contributed by atoms with Crippen molar-refractivity contribution in [2.45, 2.75) is 50.1 Å². The number of amides is 2. The third-order valence-corrected chi connectivity index (χ3v) is 7.78. The van der Waals surface area contributed by atoms with E-state index in [1.165, 1.54) is 4.31 Å². The number of carbonyl (C=O) groups excluding carboxylic acids is 2. The van der Waals surface area contributed by atoms with Gasteiger partial charge in [0.25, 0.3) is 0 Å². The molecule has 0 unspecified atom stereocenters. The summed E-state index contributed by atoms with van der Waals surface area (Å²) in [5, 5.41) is 2.61. The van der Waals surface area contributed by atoms with E-state index >= 15 is 0 Å². The van der Waals surface area contributed by atoms with Gasteiger partial charge in [0, 0.05) is 33.1 Å². The molecule has 0 radical (unpaired) electrons. The van der Waals surface area contributed by atoms with Crippen LogP contribution in [-0.4, -0.2) is 55.6 Å². The number of nitrogens with one attached hydrogen (secondary N) is 1. The van der Waals surface area contributed by atoms with Gasteiger partial charge in [0.05, 0.1) is 4.90 Å². The molecule has 7 nitrogen and oxygen atoms in total. The van der Waals surface area contributed by atoms with Crippen LogP contribution < -0.4 is 5.32 Å². The molecule has 1 aliphatic heterocycles. The van der Waals surface area contributed by atoms with E-state index < -0.39 is 16.1 Å². The summed E-state index contributed by atoms with van der Waals surface area (Å²) in [5.74, 6) is -0.343. The highest BCUT2D eigenvalue weighted by Crippen LogP contribution is 2.21. The van der Waals surface area contributed by atoms with Crippen LogP contribution in [0.4, 0.5) is 0 Å². The van der Waals surface area contributed by atoms with Gasteiger partial charge in [-0.05, 0) is 49.4 Å². The molecule has 172 valence electrons. The summed E-state index contributed by atoms with van der Waals surface area (Å²) in [7, 11) is -1.89. The molecule has 3 rings (SSSR count). The van der Waals surface area contributed by atoms with Crippen LogP contribution in [0, 0.1) is 0 Å². The number of carbonyl (C=O) groups is 2. The van der Waals surface area contributed by atoms with Gasteiger partial charge < -0.3 is 10.2 Å². The zero-order valence-corrected chi connectivity index (χ0v) is 19.5. The number of benzene rings is 2. The summed E-state index contributed by atoms with van der Waals surface area (Å²) >= 11 is 0. The summed E-state index contributed by atoms with van der Waals surface area (Å²) in [6, 6.07) is 15.7. The van der Waals surface area contributed by atoms with Gasteiger partial charge in [0.15, 0.2) is 0 Å². The molecule has 1 heterocycles. The Morgan fingerprint density at radius 2 is 1.62 bits per heavy atom. The Kier molecular flexibility index (Phi) is 8.04. The summed E-state index contributed by atoms with van der Waals surface area (Å²) in [6.45, 7) is 3.21. The van der Waals surface area contributed by atoms with Crippen LogP contribution in [0.15, 0.2) is 59.5 Å². The lowest BCUT2D eigenvalue weighted by Crippen LogP contribution is -2.46. The predicted molar refractivity (Wildman–Crippen MR) is 123 cm³/mol. The lowest BCUT2D eigenvalue weighted by Gasteiger charge is -2.28. The zero-order valence-electron chi connectivity index (χ0n) is 18.7. The van der Waals surface area contributed by atoms with Crippen molar-refractivity contribution in [2.24, 2.45) is 0 Å². The lowest BCUT2D eigenvalue weighted by molar-refractivity contribution is -0.140. The Morgan fingerprint density at radius 3 is 2.22 bits per heavy atom. The molecular formula is C24H31N3O4S. The molecular weight excluding hydrogens is 426 g/mol. The second-order valence-corrected chi connectivity index (χ2v) is 9.99. The Hall–Kier alpha value is -2.71. The van der Waals surface area contributed by atoms with Crippen molar-refractivity contribution in [1.82, 2.24) is 14.5 Å². The molecule has 0 aromatic heterocycles. The third kappa shape index (κ3) is 5.75. The fourth-order valence-electron chi connectivity index (χ4n) is 3.87. The Balaban J connectivity index is 1.66. The fraction of sp³-hybridized carbons (Fsp3) is 0.417. The van der Waals surface area contributed by atoms with Gasteiger partial charge >= 0.3 is 0 Å². The highest BCUT2D eigenvalue weighted by atomic mass is 32.2. The quantitative estimate of drug-likeness (QED) is 0.627. The normalized spacial score (nSPS) is 15.3. The van der Waals surface area contributed by atoms with Crippen molar-refractivity contribution in [3.63, 3.8) is 0 Å². The van der Waals surface area contributed by atoms with E-state index in [1.807, 2.05) is 30.3 Å². The number of likely N-dealkylation sites (N-methyl/N-ethyl adjacent to an activating group) is 1. The van der Waals surface area contributed by atoms with Crippen molar-refractivity contribution < 1.29 is 18.0 Å². The van der Waals surface area contributed by atoms with Crippen molar-refractivity contribution >= 4 is 21.8 Å². The van der Waals surface area contributed by atoms with E-state index in [1.54, 1.807) is 43.1 Å². The maximum absolute atomic E-state index is 13.0. The van der Waals surface area contributed by atoms with Crippen molar-refractivity contribution in [3.05, 3.63) is 65.7 Å². The summed E-state index contributed by atoms with van der Waals surface area (Å²) < 4.78 is 26.9. The first-order valence-electron chi connectivity index (χ1n) is 11.0. The third-order valence-electron chi connectivity index (χ3n) is 5.86. The highest BCUT2D eigenvalue weighted by Gasteiger charge is 2.27. The number of hydrogen-bond acceptors (Lipinski definition) is 4. The molecule has 0 bridgehead atoms. The van der Waals surface area contributed by atoms with Crippen LogP contribution in [0.5, 0.6) is 0 Å². The molecule has 2 amide bonds. The molecule has 8 heteroatoms. The van der Waals surface area contributed by atoms with Crippen molar-refractivity contribution in [1.29, 1.82) is 0 Å². The van der Waals surface area contributed by atoms with Crippen LogP contribution in [0.3, 0.4) is 0 Å². The summed E-state index contributed by atoms with van der Waals surface area (Å²) in [5.41, 5.74) is 1.83.